The lowest BCUT2D eigenvalue weighted by Gasteiger charge is -2.03. The van der Waals surface area contributed by atoms with Gasteiger partial charge in [-0.2, -0.15) is 0 Å². The van der Waals surface area contributed by atoms with Crippen LogP contribution in [-0.4, -0.2) is 32.4 Å². The van der Waals surface area contributed by atoms with Crippen molar-refractivity contribution in [1.82, 2.24) is 25.3 Å². The molecule has 3 rings (SSSR count). The molecule has 118 valence electrons. The summed E-state index contributed by atoms with van der Waals surface area (Å²) in [6.45, 7) is 0.985. The quantitative estimate of drug-likeness (QED) is 0.743. The third-order valence-corrected chi connectivity index (χ3v) is 4.22. The Morgan fingerprint density at radius 3 is 3.00 bits per heavy atom. The van der Waals surface area contributed by atoms with E-state index in [1.165, 1.54) is 11.3 Å². The number of benzene rings is 1. The van der Waals surface area contributed by atoms with Gasteiger partial charge in [0.25, 0.3) is 5.91 Å². The summed E-state index contributed by atoms with van der Waals surface area (Å²) in [4.78, 5) is 16.2. The first-order valence-electron chi connectivity index (χ1n) is 7.01. The molecule has 0 saturated carbocycles. The van der Waals surface area contributed by atoms with E-state index < -0.39 is 0 Å². The standard InChI is InChI=1S/C15H14ClN5OS/c16-13-4-2-1-3-11(13)7-21-8-14(19-20-21)15(22)17-6-5-12-9-23-10-18-12/h1-4,8-10H,5-7H2,(H,17,22). The lowest BCUT2D eigenvalue weighted by atomic mass is 10.2. The summed E-state index contributed by atoms with van der Waals surface area (Å²) in [5.74, 6) is -0.245. The number of halogens is 1. The van der Waals surface area contributed by atoms with E-state index in [0.717, 1.165) is 11.3 Å². The molecule has 0 atom stereocenters. The molecule has 23 heavy (non-hydrogen) atoms. The minimum Gasteiger partial charge on any atom is -0.350 e. The third-order valence-electron chi connectivity index (χ3n) is 3.21. The number of thiazole rings is 1. The second-order valence-corrected chi connectivity index (χ2v) is 6.00. The SMILES string of the molecule is O=C(NCCc1cscn1)c1cn(Cc2ccccc2Cl)nn1. The molecule has 3 aromatic rings. The van der Waals surface area contributed by atoms with Crippen LogP contribution in [0, 0.1) is 0 Å². The molecule has 0 saturated heterocycles. The van der Waals surface area contributed by atoms with Gasteiger partial charge < -0.3 is 5.32 Å². The Balaban J connectivity index is 1.56. The van der Waals surface area contributed by atoms with Crippen molar-refractivity contribution in [3.63, 3.8) is 0 Å². The number of nitrogens with one attached hydrogen (secondary N) is 1. The Morgan fingerprint density at radius 2 is 2.22 bits per heavy atom. The van der Waals surface area contributed by atoms with Crippen LogP contribution >= 0.6 is 22.9 Å². The van der Waals surface area contributed by atoms with Crippen LogP contribution in [-0.2, 0) is 13.0 Å². The van der Waals surface area contributed by atoms with E-state index in [4.69, 9.17) is 11.6 Å². The monoisotopic (exact) mass is 347 g/mol. The highest BCUT2D eigenvalue weighted by Gasteiger charge is 2.11. The average molecular weight is 348 g/mol. The summed E-state index contributed by atoms with van der Waals surface area (Å²) in [6, 6.07) is 7.51. The number of carbonyl (C=O) groups excluding carboxylic acids is 1. The summed E-state index contributed by atoms with van der Waals surface area (Å²) >= 11 is 7.65. The third kappa shape index (κ3) is 4.14. The molecule has 0 bridgehead atoms. The van der Waals surface area contributed by atoms with Gasteiger partial charge in [-0.3, -0.25) is 4.79 Å². The van der Waals surface area contributed by atoms with Gasteiger partial charge in [0.1, 0.15) is 0 Å². The highest BCUT2D eigenvalue weighted by atomic mass is 35.5. The van der Waals surface area contributed by atoms with Crippen LogP contribution in [0.25, 0.3) is 0 Å². The van der Waals surface area contributed by atoms with E-state index in [1.807, 2.05) is 29.6 Å². The first-order valence-corrected chi connectivity index (χ1v) is 8.33. The molecule has 0 aliphatic rings. The molecule has 0 aliphatic carbocycles. The van der Waals surface area contributed by atoms with E-state index in [9.17, 15) is 4.79 Å². The largest absolute Gasteiger partial charge is 0.350 e. The zero-order chi connectivity index (χ0) is 16.1. The Kier molecular flexibility index (Phi) is 4.99. The van der Waals surface area contributed by atoms with Crippen LogP contribution in [0.3, 0.4) is 0 Å². The molecule has 6 nitrogen and oxygen atoms in total. The first-order chi connectivity index (χ1) is 11.2. The van der Waals surface area contributed by atoms with Gasteiger partial charge >= 0.3 is 0 Å². The maximum atomic E-state index is 12.0. The molecule has 1 amide bonds. The predicted octanol–water partition coefficient (Wildman–Crippen LogP) is 2.41. The van der Waals surface area contributed by atoms with Gasteiger partial charge in [0.05, 0.1) is 23.9 Å². The van der Waals surface area contributed by atoms with Crippen molar-refractivity contribution in [2.45, 2.75) is 13.0 Å². The molecule has 8 heteroatoms. The number of hydrogen-bond acceptors (Lipinski definition) is 5. The fourth-order valence-electron chi connectivity index (χ4n) is 2.04. The lowest BCUT2D eigenvalue weighted by Crippen LogP contribution is -2.26. The van der Waals surface area contributed by atoms with Gasteiger partial charge in [0.15, 0.2) is 5.69 Å². The molecule has 0 fully saturated rings. The molecule has 1 aromatic carbocycles. The highest BCUT2D eigenvalue weighted by Crippen LogP contribution is 2.15. The normalized spacial score (nSPS) is 10.7. The summed E-state index contributed by atoms with van der Waals surface area (Å²) < 4.78 is 1.59. The van der Waals surface area contributed by atoms with E-state index in [2.05, 4.69) is 20.6 Å². The summed E-state index contributed by atoms with van der Waals surface area (Å²) in [7, 11) is 0. The van der Waals surface area contributed by atoms with Crippen molar-refractivity contribution in [2.24, 2.45) is 0 Å². The number of nitrogens with zero attached hydrogens (tertiary/aromatic N) is 4. The van der Waals surface area contributed by atoms with Crippen LogP contribution in [0.4, 0.5) is 0 Å². The summed E-state index contributed by atoms with van der Waals surface area (Å²) in [5.41, 5.74) is 3.96. The summed E-state index contributed by atoms with van der Waals surface area (Å²) in [6.07, 6.45) is 2.31. The fraction of sp³-hybridized carbons (Fsp3) is 0.200. The van der Waals surface area contributed by atoms with Gasteiger partial charge in [-0.15, -0.1) is 16.4 Å². The van der Waals surface area contributed by atoms with Gasteiger partial charge in [-0.05, 0) is 11.6 Å². The van der Waals surface area contributed by atoms with E-state index in [0.29, 0.717) is 24.5 Å². The van der Waals surface area contributed by atoms with Gasteiger partial charge in [-0.25, -0.2) is 9.67 Å². The molecule has 0 unspecified atom stereocenters. The first kappa shape index (κ1) is 15.6. The van der Waals surface area contributed by atoms with Crippen molar-refractivity contribution in [1.29, 1.82) is 0 Å². The predicted molar refractivity (Wildman–Crippen MR) is 88.7 cm³/mol. The van der Waals surface area contributed by atoms with Gasteiger partial charge in [0.2, 0.25) is 0 Å². The molecule has 2 aromatic heterocycles. The van der Waals surface area contributed by atoms with Crippen LogP contribution in [0.15, 0.2) is 41.4 Å². The Hall–Kier alpha value is -2.25. The van der Waals surface area contributed by atoms with E-state index in [-0.39, 0.29) is 11.6 Å². The molecule has 2 heterocycles. The molecular formula is C15H14ClN5OS. The van der Waals surface area contributed by atoms with E-state index >= 15 is 0 Å². The Morgan fingerprint density at radius 1 is 1.35 bits per heavy atom. The molecule has 0 spiro atoms. The van der Waals surface area contributed by atoms with Crippen molar-refractivity contribution >= 4 is 28.8 Å². The highest BCUT2D eigenvalue weighted by molar-refractivity contribution is 7.07. The van der Waals surface area contributed by atoms with Crippen molar-refractivity contribution in [3.05, 3.63) is 63.3 Å². The Bertz CT molecular complexity index is 787. The molecule has 0 radical (unpaired) electrons. The average Bonchev–Trinajstić information content (AvgIpc) is 3.21. The van der Waals surface area contributed by atoms with Gasteiger partial charge in [-0.1, -0.05) is 35.0 Å². The zero-order valence-corrected chi connectivity index (χ0v) is 13.7. The van der Waals surface area contributed by atoms with Crippen LogP contribution in [0.5, 0.6) is 0 Å². The molecule has 1 N–H and O–H groups in total. The maximum Gasteiger partial charge on any atom is 0.273 e. The molecular weight excluding hydrogens is 334 g/mol. The smallest absolute Gasteiger partial charge is 0.273 e. The zero-order valence-electron chi connectivity index (χ0n) is 12.1. The number of aromatic nitrogens is 4. The van der Waals surface area contributed by atoms with Crippen molar-refractivity contribution in [2.75, 3.05) is 6.54 Å². The van der Waals surface area contributed by atoms with Gasteiger partial charge in [0, 0.05) is 23.4 Å². The summed E-state index contributed by atoms with van der Waals surface area (Å²) in [5, 5.41) is 13.3. The topological polar surface area (TPSA) is 72.7 Å². The van der Waals surface area contributed by atoms with Crippen LogP contribution in [0.1, 0.15) is 21.7 Å². The van der Waals surface area contributed by atoms with E-state index in [1.54, 1.807) is 16.4 Å². The second-order valence-electron chi connectivity index (χ2n) is 4.88. The second kappa shape index (κ2) is 7.34. The Labute approximate surface area is 142 Å². The lowest BCUT2D eigenvalue weighted by molar-refractivity contribution is 0.0949. The minimum absolute atomic E-state index is 0.245. The van der Waals surface area contributed by atoms with Crippen LogP contribution < -0.4 is 5.32 Å². The number of hydrogen-bond donors (Lipinski definition) is 1. The fourth-order valence-corrected chi connectivity index (χ4v) is 2.82. The van der Waals surface area contributed by atoms with Crippen molar-refractivity contribution < 1.29 is 4.79 Å². The van der Waals surface area contributed by atoms with Crippen LogP contribution in [0.2, 0.25) is 5.02 Å². The number of rotatable bonds is 6. The van der Waals surface area contributed by atoms with Crippen molar-refractivity contribution in [3.8, 4) is 0 Å². The molecule has 0 aliphatic heterocycles. The number of amides is 1. The number of carbonyl (C=O) groups is 1. The maximum absolute atomic E-state index is 12.0. The minimum atomic E-state index is -0.245.